The van der Waals surface area contributed by atoms with Gasteiger partial charge in [-0.1, -0.05) is 18.7 Å². The highest BCUT2D eigenvalue weighted by Crippen LogP contribution is 2.36. The molecule has 0 saturated heterocycles. The Morgan fingerprint density at radius 3 is 2.71 bits per heavy atom. The van der Waals surface area contributed by atoms with E-state index in [1.165, 1.54) is 9.58 Å². The number of carbonyl (C=O) groups excluding carboxylic acids is 2. The quantitative estimate of drug-likeness (QED) is 0.465. The maximum absolute atomic E-state index is 12.8. The van der Waals surface area contributed by atoms with Crippen molar-refractivity contribution in [1.82, 2.24) is 14.7 Å². The van der Waals surface area contributed by atoms with Gasteiger partial charge >= 0.3 is 0 Å². The van der Waals surface area contributed by atoms with Crippen LogP contribution in [0, 0.1) is 0 Å². The van der Waals surface area contributed by atoms with Crippen LogP contribution < -0.4 is 17.0 Å². The van der Waals surface area contributed by atoms with E-state index in [1.54, 1.807) is 19.2 Å². The molecule has 28 heavy (non-hydrogen) atoms. The molecule has 0 atom stereocenters. The fraction of sp³-hybridized carbons (Fsp3) is 0.150. The second-order valence-electron chi connectivity index (χ2n) is 6.92. The summed E-state index contributed by atoms with van der Waals surface area (Å²) in [6.45, 7) is 3.95. The number of nitrogens with two attached hydrogens (primary N) is 2. The molecule has 0 unspecified atom stereocenters. The van der Waals surface area contributed by atoms with E-state index in [4.69, 9.17) is 11.5 Å². The summed E-state index contributed by atoms with van der Waals surface area (Å²) < 4.78 is 1.42. The van der Waals surface area contributed by atoms with Gasteiger partial charge in [-0.3, -0.25) is 24.2 Å². The van der Waals surface area contributed by atoms with Crippen molar-refractivity contribution in [3.8, 4) is 11.1 Å². The minimum absolute atomic E-state index is 0.0408. The van der Waals surface area contributed by atoms with Crippen LogP contribution in [0.2, 0.25) is 0 Å². The molecule has 142 valence electrons. The number of aromatic amines is 1. The summed E-state index contributed by atoms with van der Waals surface area (Å²) in [6, 6.07) is 9.04. The van der Waals surface area contributed by atoms with Crippen molar-refractivity contribution in [2.24, 2.45) is 12.8 Å². The van der Waals surface area contributed by atoms with Crippen LogP contribution in [-0.2, 0) is 18.4 Å². The summed E-state index contributed by atoms with van der Waals surface area (Å²) in [5.74, 6) is -0.916. The molecule has 0 bridgehead atoms. The van der Waals surface area contributed by atoms with E-state index >= 15 is 0 Å². The zero-order chi connectivity index (χ0) is 20.2. The molecule has 0 saturated carbocycles. The molecule has 1 aliphatic rings. The van der Waals surface area contributed by atoms with Crippen LogP contribution in [0.15, 0.2) is 47.3 Å². The van der Waals surface area contributed by atoms with E-state index in [0.29, 0.717) is 16.6 Å². The first kappa shape index (κ1) is 17.6. The van der Waals surface area contributed by atoms with Gasteiger partial charge in [-0.05, 0) is 34.9 Å². The van der Waals surface area contributed by atoms with Gasteiger partial charge in [0.25, 0.3) is 11.5 Å². The van der Waals surface area contributed by atoms with Crippen LogP contribution in [0.25, 0.3) is 22.0 Å². The number of hydrogen-bond donors (Lipinski definition) is 3. The normalized spacial score (nSPS) is 13.2. The van der Waals surface area contributed by atoms with Crippen molar-refractivity contribution in [3.05, 3.63) is 64.0 Å². The summed E-state index contributed by atoms with van der Waals surface area (Å²) in [7, 11) is 1.66. The average molecular weight is 377 g/mol. The Morgan fingerprint density at radius 1 is 1.25 bits per heavy atom. The molecule has 8 nitrogen and oxygen atoms in total. The Kier molecular flexibility index (Phi) is 3.85. The van der Waals surface area contributed by atoms with Crippen LogP contribution in [0.3, 0.4) is 0 Å². The number of carbonyl (C=O) groups is 2. The summed E-state index contributed by atoms with van der Waals surface area (Å²) in [5.41, 5.74) is 15.2. The molecule has 3 aromatic rings. The molecule has 4 rings (SSSR count). The molecule has 1 aliphatic heterocycles. The Bertz CT molecular complexity index is 1230. The topological polar surface area (TPSA) is 127 Å². The maximum atomic E-state index is 12.8. The zero-order valence-corrected chi connectivity index (χ0v) is 15.3. The summed E-state index contributed by atoms with van der Waals surface area (Å²) in [4.78, 5) is 37.9. The molecule has 0 radical (unpaired) electrons. The van der Waals surface area contributed by atoms with E-state index < -0.39 is 5.91 Å². The van der Waals surface area contributed by atoms with Crippen LogP contribution in [0.1, 0.15) is 15.9 Å². The fourth-order valence-corrected chi connectivity index (χ4v) is 3.61. The molecule has 0 spiro atoms. The number of rotatable bonds is 4. The third kappa shape index (κ3) is 2.58. The fourth-order valence-electron chi connectivity index (χ4n) is 3.61. The van der Waals surface area contributed by atoms with Crippen molar-refractivity contribution in [3.63, 3.8) is 0 Å². The van der Waals surface area contributed by atoms with E-state index in [9.17, 15) is 14.4 Å². The number of nitrogens with zero attached hydrogens (tertiary/aromatic N) is 2. The Balaban J connectivity index is 1.81. The van der Waals surface area contributed by atoms with Crippen LogP contribution in [-0.4, -0.2) is 33.0 Å². The SMILES string of the molecule is C=C(CN1Cc2c(-c3ccc4[nH]n(C)c(=O)c4c3)ccc(N)c2C1=O)C(N)=O. The molecule has 1 aromatic heterocycles. The molecular weight excluding hydrogens is 358 g/mol. The minimum atomic E-state index is -0.647. The molecule has 8 heteroatoms. The number of aryl methyl sites for hydroxylation is 1. The number of nitrogens with one attached hydrogen (secondary N) is 1. The van der Waals surface area contributed by atoms with Crippen LogP contribution in [0.5, 0.6) is 0 Å². The summed E-state index contributed by atoms with van der Waals surface area (Å²) >= 11 is 0. The first-order valence-electron chi connectivity index (χ1n) is 8.65. The first-order chi connectivity index (χ1) is 13.3. The lowest BCUT2D eigenvalue weighted by atomic mass is 9.95. The number of H-pyrrole nitrogens is 1. The van der Waals surface area contributed by atoms with Gasteiger partial charge in [-0.15, -0.1) is 0 Å². The van der Waals surface area contributed by atoms with Crippen molar-refractivity contribution >= 4 is 28.4 Å². The molecule has 5 N–H and O–H groups in total. The lowest BCUT2D eigenvalue weighted by Gasteiger charge is -2.15. The molecule has 0 aliphatic carbocycles. The average Bonchev–Trinajstić information content (AvgIpc) is 3.13. The van der Waals surface area contributed by atoms with E-state index in [2.05, 4.69) is 11.7 Å². The van der Waals surface area contributed by atoms with E-state index in [-0.39, 0.29) is 30.1 Å². The number of amides is 2. The standard InChI is InChI=1S/C20H19N5O3/c1-10(18(22)26)8-25-9-14-12(4-5-15(21)17(14)20(25)28)11-3-6-16-13(7-11)19(27)24(2)23-16/h3-7,23H,1,8-9,21H2,2H3,(H2,22,26). The highest BCUT2D eigenvalue weighted by Gasteiger charge is 2.32. The highest BCUT2D eigenvalue weighted by atomic mass is 16.2. The number of fused-ring (bicyclic) bond motifs is 2. The van der Waals surface area contributed by atoms with Crippen molar-refractivity contribution in [1.29, 1.82) is 0 Å². The van der Waals surface area contributed by atoms with Gasteiger partial charge in [-0.25, -0.2) is 0 Å². The highest BCUT2D eigenvalue weighted by molar-refractivity contribution is 6.06. The van der Waals surface area contributed by atoms with Crippen molar-refractivity contribution in [2.75, 3.05) is 12.3 Å². The first-order valence-corrected chi connectivity index (χ1v) is 8.65. The summed E-state index contributed by atoms with van der Waals surface area (Å²) in [5, 5.41) is 3.55. The molecule has 2 aromatic carbocycles. The smallest absolute Gasteiger partial charge is 0.274 e. The second-order valence-corrected chi connectivity index (χ2v) is 6.92. The van der Waals surface area contributed by atoms with Gasteiger partial charge < -0.3 is 16.4 Å². The number of nitrogen functional groups attached to an aromatic ring is 1. The van der Waals surface area contributed by atoms with Gasteiger partial charge in [-0.2, -0.15) is 0 Å². The largest absolute Gasteiger partial charge is 0.398 e. The number of anilines is 1. The zero-order valence-electron chi connectivity index (χ0n) is 15.3. The predicted octanol–water partition coefficient (Wildman–Crippen LogP) is 1.11. The van der Waals surface area contributed by atoms with E-state index in [1.807, 2.05) is 18.2 Å². The number of benzene rings is 2. The van der Waals surface area contributed by atoms with Gasteiger partial charge in [0.05, 0.1) is 23.0 Å². The van der Waals surface area contributed by atoms with Crippen LogP contribution >= 0.6 is 0 Å². The molecule has 2 heterocycles. The van der Waals surface area contributed by atoms with Gasteiger partial charge in [0.15, 0.2) is 0 Å². The third-order valence-corrected chi connectivity index (χ3v) is 5.08. The van der Waals surface area contributed by atoms with Crippen molar-refractivity contribution in [2.45, 2.75) is 6.54 Å². The molecular formula is C20H19N5O3. The van der Waals surface area contributed by atoms with Gasteiger partial charge in [0.1, 0.15) is 0 Å². The van der Waals surface area contributed by atoms with E-state index in [0.717, 1.165) is 22.2 Å². The number of primary amides is 1. The third-order valence-electron chi connectivity index (χ3n) is 5.08. The monoisotopic (exact) mass is 377 g/mol. The number of hydrogen-bond acceptors (Lipinski definition) is 4. The lowest BCUT2D eigenvalue weighted by molar-refractivity contribution is -0.114. The number of aromatic nitrogens is 2. The molecule has 2 amide bonds. The minimum Gasteiger partial charge on any atom is -0.398 e. The van der Waals surface area contributed by atoms with Gasteiger partial charge in [0, 0.05) is 24.9 Å². The molecule has 0 fully saturated rings. The lowest BCUT2D eigenvalue weighted by Crippen LogP contribution is -2.30. The Hall–Kier alpha value is -3.81. The Morgan fingerprint density at radius 2 is 2.00 bits per heavy atom. The van der Waals surface area contributed by atoms with Gasteiger partial charge in [0.2, 0.25) is 5.91 Å². The maximum Gasteiger partial charge on any atom is 0.274 e. The Labute approximate surface area is 160 Å². The second kappa shape index (κ2) is 6.12. The van der Waals surface area contributed by atoms with Crippen LogP contribution in [0.4, 0.5) is 5.69 Å². The summed E-state index contributed by atoms with van der Waals surface area (Å²) in [6.07, 6.45) is 0. The van der Waals surface area contributed by atoms with Crippen molar-refractivity contribution < 1.29 is 9.59 Å². The predicted molar refractivity (Wildman–Crippen MR) is 106 cm³/mol.